The van der Waals surface area contributed by atoms with E-state index >= 15 is 0 Å². The molecule has 2 amide bonds. The van der Waals surface area contributed by atoms with Crippen LogP contribution >= 0.6 is 0 Å². The van der Waals surface area contributed by atoms with Gasteiger partial charge in [0.25, 0.3) is 0 Å². The first-order valence-corrected chi connectivity index (χ1v) is 12.4. The highest BCUT2D eigenvalue weighted by atomic mass is 16.2. The van der Waals surface area contributed by atoms with E-state index in [2.05, 4.69) is 34.9 Å². The lowest BCUT2D eigenvalue weighted by atomic mass is 10.1. The van der Waals surface area contributed by atoms with E-state index in [1.165, 1.54) is 24.0 Å². The van der Waals surface area contributed by atoms with Gasteiger partial charge in [0.05, 0.1) is 0 Å². The maximum Gasteiger partial charge on any atom is 0.223 e. The molecular weight excluding hydrogens is 396 g/mol. The average Bonchev–Trinajstić information content (AvgIpc) is 3.75. The van der Waals surface area contributed by atoms with Crippen molar-refractivity contribution in [3.8, 4) is 0 Å². The Hall–Kier alpha value is -2.62. The first-order chi connectivity index (χ1) is 15.7. The van der Waals surface area contributed by atoms with Crippen molar-refractivity contribution in [3.05, 3.63) is 71.8 Å². The van der Waals surface area contributed by atoms with Crippen LogP contribution in [0.25, 0.3) is 0 Å². The van der Waals surface area contributed by atoms with E-state index in [1.54, 1.807) is 0 Å². The van der Waals surface area contributed by atoms with Gasteiger partial charge in [-0.2, -0.15) is 0 Å². The smallest absolute Gasteiger partial charge is 0.223 e. The zero-order chi connectivity index (χ0) is 22.2. The molecule has 0 spiro atoms. The number of benzene rings is 2. The van der Waals surface area contributed by atoms with E-state index in [-0.39, 0.29) is 23.7 Å². The third-order valence-electron chi connectivity index (χ3n) is 6.91. The van der Waals surface area contributed by atoms with E-state index in [9.17, 15) is 9.59 Å². The van der Waals surface area contributed by atoms with Gasteiger partial charge in [0.1, 0.15) is 0 Å². The minimum Gasteiger partial charge on any atom is -0.356 e. The summed E-state index contributed by atoms with van der Waals surface area (Å²) >= 11 is 0. The molecule has 0 saturated heterocycles. The van der Waals surface area contributed by atoms with Crippen LogP contribution in [0.15, 0.2) is 60.7 Å². The monoisotopic (exact) mass is 432 g/mol. The van der Waals surface area contributed by atoms with Gasteiger partial charge in [0.2, 0.25) is 11.8 Å². The molecule has 0 bridgehead atoms. The first-order valence-electron chi connectivity index (χ1n) is 12.4. The molecule has 2 saturated carbocycles. The number of carbonyl (C=O) groups is 2. The average molecular weight is 433 g/mol. The van der Waals surface area contributed by atoms with Crippen molar-refractivity contribution in [1.82, 2.24) is 10.6 Å². The molecule has 0 aliphatic heterocycles. The van der Waals surface area contributed by atoms with E-state index in [0.717, 1.165) is 51.6 Å². The van der Waals surface area contributed by atoms with Crippen LogP contribution in [0, 0.1) is 11.8 Å². The van der Waals surface area contributed by atoms with Crippen molar-refractivity contribution in [1.29, 1.82) is 0 Å². The Bertz CT molecular complexity index is 794. The summed E-state index contributed by atoms with van der Waals surface area (Å²) in [5.74, 6) is 1.62. The van der Waals surface area contributed by atoms with Gasteiger partial charge < -0.3 is 10.6 Å². The van der Waals surface area contributed by atoms with Gasteiger partial charge in [-0.3, -0.25) is 9.59 Å². The number of amides is 2. The number of hydrogen-bond acceptors (Lipinski definition) is 2. The summed E-state index contributed by atoms with van der Waals surface area (Å²) in [6, 6.07) is 20.7. The topological polar surface area (TPSA) is 58.2 Å². The van der Waals surface area contributed by atoms with Crippen molar-refractivity contribution in [2.75, 3.05) is 13.1 Å². The Morgan fingerprint density at radius 2 is 0.969 bits per heavy atom. The van der Waals surface area contributed by atoms with Crippen molar-refractivity contribution < 1.29 is 9.59 Å². The van der Waals surface area contributed by atoms with Gasteiger partial charge in [-0.15, -0.1) is 0 Å². The molecule has 0 unspecified atom stereocenters. The maximum atomic E-state index is 12.3. The van der Waals surface area contributed by atoms with Crippen LogP contribution in [0.5, 0.6) is 0 Å². The lowest BCUT2D eigenvalue weighted by molar-refractivity contribution is -0.123. The molecule has 2 fully saturated rings. The van der Waals surface area contributed by atoms with Crippen LogP contribution < -0.4 is 10.6 Å². The van der Waals surface area contributed by atoms with E-state index < -0.39 is 0 Å². The van der Waals surface area contributed by atoms with Crippen molar-refractivity contribution in [2.45, 2.75) is 63.2 Å². The van der Waals surface area contributed by atoms with Crippen LogP contribution in [0.2, 0.25) is 0 Å². The highest BCUT2D eigenvalue weighted by Crippen LogP contribution is 2.48. The zero-order valence-electron chi connectivity index (χ0n) is 19.0. The molecule has 2 N–H and O–H groups in total. The van der Waals surface area contributed by atoms with Crippen LogP contribution in [0.3, 0.4) is 0 Å². The normalized spacial score (nSPS) is 23.4. The fourth-order valence-electron chi connectivity index (χ4n) is 4.75. The predicted octanol–water partition coefficient (Wildman–Crippen LogP) is 5.17. The molecule has 2 aliphatic carbocycles. The van der Waals surface area contributed by atoms with Crippen LogP contribution in [0.4, 0.5) is 0 Å². The molecule has 4 rings (SSSR count). The molecule has 170 valence electrons. The van der Waals surface area contributed by atoms with Gasteiger partial charge >= 0.3 is 0 Å². The molecule has 0 aromatic heterocycles. The second-order valence-electron chi connectivity index (χ2n) is 9.42. The summed E-state index contributed by atoms with van der Waals surface area (Å²) < 4.78 is 0. The minimum atomic E-state index is 0.172. The summed E-state index contributed by atoms with van der Waals surface area (Å²) in [7, 11) is 0. The highest BCUT2D eigenvalue weighted by Gasteiger charge is 2.44. The minimum absolute atomic E-state index is 0.172. The summed E-state index contributed by atoms with van der Waals surface area (Å²) in [6.45, 7) is 1.58. The van der Waals surface area contributed by atoms with E-state index in [0.29, 0.717) is 11.8 Å². The molecular formula is C28H36N2O2. The number of nitrogens with one attached hydrogen (secondary N) is 2. The Morgan fingerprint density at radius 3 is 1.38 bits per heavy atom. The van der Waals surface area contributed by atoms with E-state index in [4.69, 9.17) is 0 Å². The van der Waals surface area contributed by atoms with Gasteiger partial charge in [-0.25, -0.2) is 0 Å². The molecule has 4 atom stereocenters. The Kier molecular flexibility index (Phi) is 7.97. The second-order valence-corrected chi connectivity index (χ2v) is 9.42. The molecule has 4 nitrogen and oxygen atoms in total. The van der Waals surface area contributed by atoms with Gasteiger partial charge in [-0.05, 0) is 48.6 Å². The Balaban J connectivity index is 0.955. The summed E-state index contributed by atoms with van der Waals surface area (Å²) in [5.41, 5.74) is 2.58. The summed E-state index contributed by atoms with van der Waals surface area (Å²) in [5, 5.41) is 6.23. The third kappa shape index (κ3) is 6.44. The predicted molar refractivity (Wildman–Crippen MR) is 128 cm³/mol. The largest absolute Gasteiger partial charge is 0.356 e. The van der Waals surface area contributed by atoms with Crippen LogP contribution in [0.1, 0.15) is 74.3 Å². The standard InChI is InChI=1S/C28H36N2O2/c31-27(25-19-23(25)21-13-7-5-8-14-21)29-17-11-3-1-2-4-12-18-30-28(32)26-20-24(26)22-15-9-6-10-16-22/h5-10,13-16,23-26H,1-4,11-12,17-20H2,(H,29,31)(H,30,32)/t23-,24-,25-,26+/m1/s1. The van der Waals surface area contributed by atoms with Crippen molar-refractivity contribution >= 4 is 11.8 Å². The van der Waals surface area contributed by atoms with Crippen molar-refractivity contribution in [2.24, 2.45) is 11.8 Å². The van der Waals surface area contributed by atoms with Crippen LogP contribution in [-0.4, -0.2) is 24.9 Å². The summed E-state index contributed by atoms with van der Waals surface area (Å²) in [6.07, 6.45) is 8.76. The van der Waals surface area contributed by atoms with E-state index in [1.807, 2.05) is 36.4 Å². The number of carbonyl (C=O) groups excluding carboxylic acids is 2. The SMILES string of the molecule is O=C(NCCCCCCCCNC(=O)[C@@H]1C[C@@H]1c1ccccc1)[C@H]1C[C@@H]1c1ccccc1. The number of hydrogen-bond donors (Lipinski definition) is 2. The maximum absolute atomic E-state index is 12.3. The first kappa shape index (κ1) is 22.6. The Morgan fingerprint density at radius 1 is 0.594 bits per heavy atom. The fraction of sp³-hybridized carbons (Fsp3) is 0.500. The summed E-state index contributed by atoms with van der Waals surface area (Å²) in [4.78, 5) is 24.5. The number of unbranched alkanes of at least 4 members (excludes halogenated alkanes) is 5. The Labute approximate surface area is 192 Å². The molecule has 0 heterocycles. The number of rotatable bonds is 13. The molecule has 4 heteroatoms. The van der Waals surface area contributed by atoms with Crippen LogP contribution in [-0.2, 0) is 9.59 Å². The second kappa shape index (κ2) is 11.3. The van der Waals surface area contributed by atoms with Gasteiger partial charge in [0, 0.05) is 24.9 Å². The zero-order valence-corrected chi connectivity index (χ0v) is 19.0. The molecule has 2 aromatic rings. The lowest BCUT2D eigenvalue weighted by Gasteiger charge is -2.06. The third-order valence-corrected chi connectivity index (χ3v) is 6.91. The van der Waals surface area contributed by atoms with Gasteiger partial charge in [-0.1, -0.05) is 86.3 Å². The lowest BCUT2D eigenvalue weighted by Crippen LogP contribution is -2.26. The quantitative estimate of drug-likeness (QED) is 0.429. The molecule has 32 heavy (non-hydrogen) atoms. The molecule has 0 radical (unpaired) electrons. The highest BCUT2D eigenvalue weighted by molar-refractivity contribution is 5.83. The van der Waals surface area contributed by atoms with Crippen molar-refractivity contribution in [3.63, 3.8) is 0 Å². The molecule has 2 aromatic carbocycles. The van der Waals surface area contributed by atoms with Gasteiger partial charge in [0.15, 0.2) is 0 Å². The molecule has 2 aliphatic rings. The fourth-order valence-corrected chi connectivity index (χ4v) is 4.75.